The van der Waals surface area contributed by atoms with Crippen molar-refractivity contribution in [2.24, 2.45) is 5.73 Å². The van der Waals surface area contributed by atoms with Gasteiger partial charge in [0.25, 0.3) is 0 Å². The highest BCUT2D eigenvalue weighted by molar-refractivity contribution is 14.1. The van der Waals surface area contributed by atoms with Crippen LogP contribution in [0.15, 0.2) is 58.0 Å². The van der Waals surface area contributed by atoms with E-state index in [1.807, 2.05) is 42.5 Å². The second-order valence-corrected chi connectivity index (χ2v) is 6.99. The van der Waals surface area contributed by atoms with E-state index in [4.69, 9.17) is 11.5 Å². The number of benzene rings is 2. The number of allylic oxidation sites excluding steroid dienone is 1. The number of thioether (sulfide) groups is 1. The number of nitrogens with zero attached hydrogens (tertiary/aromatic N) is 1. The standard InChI is InChI=1S/C16H12IN3S/c17-13-4-2-1-3-10(13)15-11-6-5-9(19)7-14(11)21-16(20)12(15)8-18/h1-7,15H,19-20H2. The van der Waals surface area contributed by atoms with Gasteiger partial charge in [-0.3, -0.25) is 0 Å². The van der Waals surface area contributed by atoms with E-state index in [0.29, 0.717) is 16.3 Å². The lowest BCUT2D eigenvalue weighted by atomic mass is 9.85. The highest BCUT2D eigenvalue weighted by Gasteiger charge is 2.30. The summed E-state index contributed by atoms with van der Waals surface area (Å²) >= 11 is 3.71. The Morgan fingerprint density at radius 1 is 1.10 bits per heavy atom. The zero-order valence-corrected chi connectivity index (χ0v) is 14.0. The normalized spacial score (nSPS) is 17.2. The number of hydrogen-bond acceptors (Lipinski definition) is 4. The van der Waals surface area contributed by atoms with Gasteiger partial charge in [-0.05, 0) is 51.9 Å². The summed E-state index contributed by atoms with van der Waals surface area (Å²) in [4.78, 5) is 1.02. The number of nitriles is 1. The van der Waals surface area contributed by atoms with Gasteiger partial charge in [-0.2, -0.15) is 5.26 Å². The van der Waals surface area contributed by atoms with Crippen LogP contribution in [-0.4, -0.2) is 0 Å². The summed E-state index contributed by atoms with van der Waals surface area (Å²) in [6.45, 7) is 0. The monoisotopic (exact) mass is 405 g/mol. The molecule has 1 unspecified atom stereocenters. The van der Waals surface area contributed by atoms with E-state index < -0.39 is 0 Å². The molecule has 0 radical (unpaired) electrons. The van der Waals surface area contributed by atoms with E-state index in [0.717, 1.165) is 19.6 Å². The van der Waals surface area contributed by atoms with Crippen LogP contribution in [0.25, 0.3) is 0 Å². The number of halogens is 1. The first-order valence-corrected chi connectivity index (χ1v) is 8.22. The van der Waals surface area contributed by atoms with Gasteiger partial charge in [-0.1, -0.05) is 36.0 Å². The summed E-state index contributed by atoms with van der Waals surface area (Å²) in [7, 11) is 0. The Morgan fingerprint density at radius 3 is 2.57 bits per heavy atom. The molecule has 0 aromatic heterocycles. The van der Waals surface area contributed by atoms with Crippen LogP contribution in [0.5, 0.6) is 0 Å². The van der Waals surface area contributed by atoms with Crippen molar-refractivity contribution in [3.8, 4) is 6.07 Å². The summed E-state index contributed by atoms with van der Waals surface area (Å²) in [5.41, 5.74) is 15.5. The predicted molar refractivity (Wildman–Crippen MR) is 94.5 cm³/mol. The van der Waals surface area contributed by atoms with Crippen LogP contribution in [-0.2, 0) is 0 Å². The van der Waals surface area contributed by atoms with Gasteiger partial charge in [0.15, 0.2) is 0 Å². The number of anilines is 1. The maximum absolute atomic E-state index is 9.54. The molecular formula is C16H12IN3S. The molecule has 0 aliphatic carbocycles. The molecule has 2 aromatic carbocycles. The van der Waals surface area contributed by atoms with Crippen molar-refractivity contribution in [1.29, 1.82) is 5.26 Å². The highest BCUT2D eigenvalue weighted by atomic mass is 127. The summed E-state index contributed by atoms with van der Waals surface area (Å²) in [5.74, 6) is -0.125. The van der Waals surface area contributed by atoms with Crippen molar-refractivity contribution in [3.63, 3.8) is 0 Å². The van der Waals surface area contributed by atoms with Crippen LogP contribution >= 0.6 is 34.4 Å². The Labute approximate surface area is 141 Å². The van der Waals surface area contributed by atoms with Gasteiger partial charge in [-0.15, -0.1) is 0 Å². The minimum absolute atomic E-state index is 0.125. The number of hydrogen-bond donors (Lipinski definition) is 2. The fraction of sp³-hybridized carbons (Fsp3) is 0.0625. The lowest BCUT2D eigenvalue weighted by Gasteiger charge is -2.27. The molecule has 3 rings (SSSR count). The number of nitrogen functional groups attached to an aromatic ring is 1. The second kappa shape index (κ2) is 5.62. The minimum Gasteiger partial charge on any atom is -0.399 e. The quantitative estimate of drug-likeness (QED) is 0.559. The first kappa shape index (κ1) is 14.3. The van der Waals surface area contributed by atoms with Gasteiger partial charge in [0.2, 0.25) is 0 Å². The fourth-order valence-electron chi connectivity index (χ4n) is 2.50. The van der Waals surface area contributed by atoms with Gasteiger partial charge >= 0.3 is 0 Å². The maximum Gasteiger partial charge on any atom is 0.0984 e. The second-order valence-electron chi connectivity index (χ2n) is 4.74. The van der Waals surface area contributed by atoms with E-state index in [1.54, 1.807) is 0 Å². The molecular weight excluding hydrogens is 393 g/mol. The molecule has 0 bridgehead atoms. The average Bonchev–Trinajstić information content (AvgIpc) is 2.46. The molecule has 2 aromatic rings. The van der Waals surface area contributed by atoms with Crippen molar-refractivity contribution in [3.05, 3.63) is 67.8 Å². The van der Waals surface area contributed by atoms with Crippen LogP contribution in [0.4, 0.5) is 5.69 Å². The third-order valence-electron chi connectivity index (χ3n) is 3.46. The number of rotatable bonds is 1. The van der Waals surface area contributed by atoms with E-state index in [9.17, 15) is 5.26 Å². The first-order chi connectivity index (χ1) is 10.1. The molecule has 0 spiro atoms. The Kier molecular flexibility index (Phi) is 3.83. The predicted octanol–water partition coefficient (Wildman–Crippen LogP) is 3.80. The summed E-state index contributed by atoms with van der Waals surface area (Å²) in [5, 5.41) is 10.1. The van der Waals surface area contributed by atoms with E-state index in [2.05, 4.69) is 28.7 Å². The van der Waals surface area contributed by atoms with Crippen LogP contribution in [0, 0.1) is 14.9 Å². The molecule has 1 aliphatic rings. The molecule has 1 aliphatic heterocycles. The largest absolute Gasteiger partial charge is 0.399 e. The van der Waals surface area contributed by atoms with Gasteiger partial charge in [0.1, 0.15) is 0 Å². The van der Waals surface area contributed by atoms with Gasteiger partial charge in [-0.25, -0.2) is 0 Å². The molecule has 3 nitrogen and oxygen atoms in total. The zero-order valence-electron chi connectivity index (χ0n) is 11.0. The molecule has 1 atom stereocenters. The van der Waals surface area contributed by atoms with Crippen molar-refractivity contribution in [1.82, 2.24) is 0 Å². The molecule has 104 valence electrons. The summed E-state index contributed by atoms with van der Waals surface area (Å²) in [6.07, 6.45) is 0. The summed E-state index contributed by atoms with van der Waals surface area (Å²) < 4.78 is 1.12. The molecule has 0 fully saturated rings. The third kappa shape index (κ3) is 2.49. The van der Waals surface area contributed by atoms with Crippen molar-refractivity contribution in [2.45, 2.75) is 10.8 Å². The smallest absolute Gasteiger partial charge is 0.0984 e. The van der Waals surface area contributed by atoms with E-state index in [-0.39, 0.29) is 5.92 Å². The van der Waals surface area contributed by atoms with Gasteiger partial charge in [0.05, 0.1) is 16.7 Å². The van der Waals surface area contributed by atoms with Crippen molar-refractivity contribution >= 4 is 40.0 Å². The topological polar surface area (TPSA) is 75.8 Å². The maximum atomic E-state index is 9.54. The Bertz CT molecular complexity index is 792. The molecule has 0 amide bonds. The van der Waals surface area contributed by atoms with E-state index >= 15 is 0 Å². The lowest BCUT2D eigenvalue weighted by molar-refractivity contribution is 0.924. The van der Waals surface area contributed by atoms with Crippen LogP contribution < -0.4 is 11.5 Å². The SMILES string of the molecule is N#CC1=C(N)Sc2cc(N)ccc2C1c1ccccc1I. The molecule has 21 heavy (non-hydrogen) atoms. The fourth-order valence-corrected chi connectivity index (χ4v) is 4.21. The zero-order chi connectivity index (χ0) is 15.0. The Hall–Kier alpha value is -1.65. The highest BCUT2D eigenvalue weighted by Crippen LogP contribution is 2.47. The van der Waals surface area contributed by atoms with Gasteiger partial charge in [0, 0.05) is 20.1 Å². The molecule has 0 saturated heterocycles. The first-order valence-electron chi connectivity index (χ1n) is 6.33. The number of fused-ring (bicyclic) bond motifs is 1. The van der Waals surface area contributed by atoms with Crippen LogP contribution in [0.3, 0.4) is 0 Å². The van der Waals surface area contributed by atoms with Crippen molar-refractivity contribution in [2.75, 3.05) is 5.73 Å². The molecule has 0 saturated carbocycles. The Morgan fingerprint density at radius 2 is 1.86 bits per heavy atom. The molecule has 5 heteroatoms. The van der Waals surface area contributed by atoms with Crippen LogP contribution in [0.2, 0.25) is 0 Å². The lowest BCUT2D eigenvalue weighted by Crippen LogP contribution is -2.15. The minimum atomic E-state index is -0.125. The van der Waals surface area contributed by atoms with Crippen LogP contribution in [0.1, 0.15) is 17.0 Å². The van der Waals surface area contributed by atoms with Crippen molar-refractivity contribution < 1.29 is 0 Å². The molecule has 1 heterocycles. The Balaban J connectivity index is 2.27. The third-order valence-corrected chi connectivity index (χ3v) is 5.46. The van der Waals surface area contributed by atoms with E-state index in [1.165, 1.54) is 11.8 Å². The number of nitrogens with two attached hydrogens (primary N) is 2. The average molecular weight is 405 g/mol. The molecule has 4 N–H and O–H groups in total. The summed E-state index contributed by atoms with van der Waals surface area (Å²) in [6, 6.07) is 16.1. The van der Waals surface area contributed by atoms with Gasteiger partial charge < -0.3 is 11.5 Å².